The number of hydrogen-bond acceptors (Lipinski definition) is 1. The molecular weight excluding hydrogens is 422 g/mol. The van der Waals surface area contributed by atoms with Crippen LogP contribution in [0.1, 0.15) is 166 Å². The summed E-state index contributed by atoms with van der Waals surface area (Å²) in [5.74, 6) is 0. The minimum absolute atomic E-state index is 0.116. The summed E-state index contributed by atoms with van der Waals surface area (Å²) in [6.07, 6.45) is 32.3. The van der Waals surface area contributed by atoms with Crippen molar-refractivity contribution in [3.05, 3.63) is 42.0 Å². The summed E-state index contributed by atoms with van der Waals surface area (Å²) in [6.45, 7) is 9.46. The topological polar surface area (TPSA) is 26.0 Å². The summed E-state index contributed by atoms with van der Waals surface area (Å²) in [4.78, 5) is 0. The summed E-state index contributed by atoms with van der Waals surface area (Å²) < 4.78 is 0. The zero-order valence-corrected chi connectivity index (χ0v) is 23.9. The van der Waals surface area contributed by atoms with Crippen molar-refractivity contribution >= 4 is 6.08 Å². The molecule has 0 unspecified atom stereocenters. The molecule has 0 saturated carbocycles. The molecule has 2 N–H and O–H groups in total. The van der Waals surface area contributed by atoms with Gasteiger partial charge in [-0.25, -0.2) is 0 Å². The van der Waals surface area contributed by atoms with E-state index in [1.807, 2.05) is 6.08 Å². The molecule has 1 heteroatoms. The molecule has 0 saturated heterocycles. The first-order valence-corrected chi connectivity index (χ1v) is 15.7. The minimum atomic E-state index is 0.116. The third-order valence-corrected chi connectivity index (χ3v) is 8.16. The Labute approximate surface area is 220 Å². The van der Waals surface area contributed by atoms with Crippen LogP contribution in [0.5, 0.6) is 0 Å². The molecule has 1 aromatic rings. The van der Waals surface area contributed by atoms with Gasteiger partial charge in [-0.2, -0.15) is 0 Å². The predicted molar refractivity (Wildman–Crippen MR) is 160 cm³/mol. The van der Waals surface area contributed by atoms with Crippen LogP contribution in [-0.4, -0.2) is 6.54 Å². The molecule has 0 bridgehead atoms. The van der Waals surface area contributed by atoms with Crippen molar-refractivity contribution in [2.75, 3.05) is 6.54 Å². The molecule has 0 aromatic heterocycles. The van der Waals surface area contributed by atoms with E-state index < -0.39 is 0 Å². The van der Waals surface area contributed by atoms with Crippen molar-refractivity contribution in [2.45, 2.75) is 161 Å². The molecule has 0 heterocycles. The van der Waals surface area contributed by atoms with Crippen LogP contribution in [0.4, 0.5) is 0 Å². The molecular formula is C34H61N. The first-order chi connectivity index (χ1) is 17.2. The van der Waals surface area contributed by atoms with Gasteiger partial charge in [0.25, 0.3) is 0 Å². The fraction of sp³-hybridized carbons (Fsp3) is 0.765. The van der Waals surface area contributed by atoms with Gasteiger partial charge in [0.1, 0.15) is 0 Å². The first-order valence-electron chi connectivity index (χ1n) is 15.7. The lowest BCUT2D eigenvalue weighted by Crippen LogP contribution is -2.36. The Hall–Kier alpha value is -1.08. The van der Waals surface area contributed by atoms with Crippen LogP contribution in [0, 0.1) is 0 Å². The number of benzene rings is 1. The lowest BCUT2D eigenvalue weighted by atomic mass is 9.71. The summed E-state index contributed by atoms with van der Waals surface area (Å²) >= 11 is 0. The molecule has 0 aliphatic heterocycles. The normalized spacial score (nSPS) is 11.7. The molecule has 0 aliphatic rings. The summed E-state index contributed by atoms with van der Waals surface area (Å²) in [7, 11) is 0. The molecule has 35 heavy (non-hydrogen) atoms. The van der Waals surface area contributed by atoms with Crippen LogP contribution in [-0.2, 0) is 5.41 Å². The molecule has 1 aromatic carbocycles. The van der Waals surface area contributed by atoms with Gasteiger partial charge in [-0.15, -0.1) is 0 Å². The van der Waals surface area contributed by atoms with E-state index in [-0.39, 0.29) is 5.41 Å². The van der Waals surface area contributed by atoms with Gasteiger partial charge in [-0.1, -0.05) is 179 Å². The third-order valence-electron chi connectivity index (χ3n) is 8.16. The Bertz CT molecular complexity index is 580. The monoisotopic (exact) mass is 483 g/mol. The second kappa shape index (κ2) is 22.1. The van der Waals surface area contributed by atoms with Gasteiger partial charge in [-0.05, 0) is 24.0 Å². The van der Waals surface area contributed by atoms with Crippen LogP contribution in [0.25, 0.3) is 6.08 Å². The highest BCUT2D eigenvalue weighted by molar-refractivity contribution is 5.54. The molecule has 0 amide bonds. The average molecular weight is 484 g/mol. The first kappa shape index (κ1) is 31.9. The van der Waals surface area contributed by atoms with Gasteiger partial charge >= 0.3 is 0 Å². The smallest absolute Gasteiger partial charge is 0.00814 e. The molecule has 0 fully saturated rings. The Balaban J connectivity index is 2.47. The summed E-state index contributed by atoms with van der Waals surface area (Å²) in [6, 6.07) is 8.90. The van der Waals surface area contributed by atoms with Crippen LogP contribution in [0.15, 0.2) is 30.8 Å². The van der Waals surface area contributed by atoms with Crippen molar-refractivity contribution in [1.82, 2.24) is 0 Å². The SMILES string of the molecule is C=Cc1ccccc1C(CN)(CCCCCCCCCCCC)CCCCCCCCCCCC. The van der Waals surface area contributed by atoms with Crippen LogP contribution in [0.3, 0.4) is 0 Å². The van der Waals surface area contributed by atoms with Crippen molar-refractivity contribution in [3.63, 3.8) is 0 Å². The molecule has 0 spiro atoms. The number of unbranched alkanes of at least 4 members (excludes halogenated alkanes) is 18. The van der Waals surface area contributed by atoms with Gasteiger partial charge in [0.15, 0.2) is 0 Å². The van der Waals surface area contributed by atoms with Gasteiger partial charge in [-0.3, -0.25) is 0 Å². The molecule has 0 atom stereocenters. The van der Waals surface area contributed by atoms with Gasteiger partial charge in [0, 0.05) is 12.0 Å². The van der Waals surface area contributed by atoms with Crippen LogP contribution in [0.2, 0.25) is 0 Å². The maximum atomic E-state index is 6.57. The lowest BCUT2D eigenvalue weighted by molar-refractivity contribution is 0.340. The Morgan fingerprint density at radius 3 is 1.34 bits per heavy atom. The maximum absolute atomic E-state index is 6.57. The van der Waals surface area contributed by atoms with E-state index in [1.165, 1.54) is 152 Å². The molecule has 1 rings (SSSR count). The highest BCUT2D eigenvalue weighted by atomic mass is 14.6. The van der Waals surface area contributed by atoms with Gasteiger partial charge in [0.2, 0.25) is 0 Å². The standard InChI is InChI=1S/C34H61N/c1-4-7-9-11-13-15-17-19-21-25-29-34(31-35,33-28-24-23-27-32(33)6-3)30-26-22-20-18-16-14-12-10-8-5-2/h6,23-24,27-28H,3-5,7-22,25-26,29-31,35H2,1-2H3. The molecule has 0 aliphatic carbocycles. The molecule has 1 nitrogen and oxygen atoms in total. The zero-order chi connectivity index (χ0) is 25.5. The number of hydrogen-bond donors (Lipinski definition) is 1. The Morgan fingerprint density at radius 2 is 0.971 bits per heavy atom. The van der Waals surface area contributed by atoms with E-state index in [0.29, 0.717) is 0 Å². The van der Waals surface area contributed by atoms with Crippen molar-refractivity contribution in [2.24, 2.45) is 5.73 Å². The van der Waals surface area contributed by atoms with Crippen molar-refractivity contribution in [1.29, 1.82) is 0 Å². The van der Waals surface area contributed by atoms with Crippen LogP contribution < -0.4 is 5.73 Å². The van der Waals surface area contributed by atoms with E-state index >= 15 is 0 Å². The predicted octanol–water partition coefficient (Wildman–Crippen LogP) is 11.1. The average Bonchev–Trinajstić information content (AvgIpc) is 2.89. The van der Waals surface area contributed by atoms with Gasteiger partial charge in [0.05, 0.1) is 0 Å². The van der Waals surface area contributed by atoms with E-state index in [1.54, 1.807) is 0 Å². The van der Waals surface area contributed by atoms with E-state index in [9.17, 15) is 0 Å². The minimum Gasteiger partial charge on any atom is -0.330 e. The second-order valence-electron chi connectivity index (χ2n) is 11.1. The Morgan fingerprint density at radius 1 is 0.600 bits per heavy atom. The van der Waals surface area contributed by atoms with Crippen molar-refractivity contribution in [3.8, 4) is 0 Å². The Kier molecular flexibility index (Phi) is 20.2. The van der Waals surface area contributed by atoms with Gasteiger partial charge < -0.3 is 5.73 Å². The molecule has 0 radical (unpaired) electrons. The summed E-state index contributed by atoms with van der Waals surface area (Å²) in [5, 5.41) is 0. The quantitative estimate of drug-likeness (QED) is 0.137. The van der Waals surface area contributed by atoms with E-state index in [2.05, 4.69) is 44.7 Å². The zero-order valence-electron chi connectivity index (χ0n) is 23.9. The highest BCUT2D eigenvalue weighted by Crippen LogP contribution is 2.37. The second-order valence-corrected chi connectivity index (χ2v) is 11.1. The van der Waals surface area contributed by atoms with E-state index in [0.717, 1.165) is 6.54 Å². The lowest BCUT2D eigenvalue weighted by Gasteiger charge is -2.35. The summed E-state index contributed by atoms with van der Waals surface area (Å²) in [5.41, 5.74) is 9.42. The van der Waals surface area contributed by atoms with E-state index in [4.69, 9.17) is 5.73 Å². The van der Waals surface area contributed by atoms with Crippen LogP contribution >= 0.6 is 0 Å². The molecule has 202 valence electrons. The largest absolute Gasteiger partial charge is 0.330 e. The highest BCUT2D eigenvalue weighted by Gasteiger charge is 2.31. The third kappa shape index (κ3) is 14.3. The fourth-order valence-electron chi connectivity index (χ4n) is 5.77. The fourth-order valence-corrected chi connectivity index (χ4v) is 5.77. The van der Waals surface area contributed by atoms with Crippen molar-refractivity contribution < 1.29 is 0 Å². The maximum Gasteiger partial charge on any atom is 0.00814 e. The number of nitrogens with two attached hydrogens (primary N) is 1. The number of rotatable bonds is 25.